The van der Waals surface area contributed by atoms with Gasteiger partial charge < -0.3 is 10.5 Å². The predicted octanol–water partition coefficient (Wildman–Crippen LogP) is 2.67. The van der Waals surface area contributed by atoms with E-state index >= 15 is 0 Å². The van der Waals surface area contributed by atoms with Gasteiger partial charge in [0.05, 0.1) is 16.1 Å². The molecule has 0 spiro atoms. The first-order valence-electron chi connectivity index (χ1n) is 5.75. The van der Waals surface area contributed by atoms with E-state index < -0.39 is 4.92 Å². The molecule has 0 saturated heterocycles. The number of fused-ring (bicyclic) bond motifs is 1. The molecule has 9 heteroatoms. The first-order chi connectivity index (χ1) is 10.0. The third kappa shape index (κ3) is 2.43. The summed E-state index contributed by atoms with van der Waals surface area (Å²) in [5.41, 5.74) is 6.01. The van der Waals surface area contributed by atoms with E-state index in [9.17, 15) is 10.1 Å². The van der Waals surface area contributed by atoms with Crippen LogP contribution in [0.2, 0.25) is 5.02 Å². The number of benzene rings is 1. The molecule has 106 valence electrons. The van der Waals surface area contributed by atoms with Gasteiger partial charge in [-0.05, 0) is 6.07 Å². The van der Waals surface area contributed by atoms with Crippen molar-refractivity contribution in [3.8, 4) is 11.6 Å². The Labute approximate surface area is 122 Å². The number of nitrogens with zero attached hydrogens (tertiary/aromatic N) is 4. The number of nitrogen functional groups attached to an aromatic ring is 1. The Morgan fingerprint density at radius 1 is 1.43 bits per heavy atom. The molecule has 0 bridgehead atoms. The van der Waals surface area contributed by atoms with E-state index in [1.165, 1.54) is 18.2 Å². The molecule has 0 saturated carbocycles. The molecule has 0 unspecified atom stereocenters. The highest BCUT2D eigenvalue weighted by Gasteiger charge is 2.14. The van der Waals surface area contributed by atoms with Crippen molar-refractivity contribution < 1.29 is 9.66 Å². The Morgan fingerprint density at radius 3 is 2.95 bits per heavy atom. The molecular weight excluding hydrogens is 298 g/mol. The number of nitro benzene ring substituents is 1. The van der Waals surface area contributed by atoms with Crippen molar-refractivity contribution in [3.63, 3.8) is 0 Å². The molecule has 3 aromatic rings. The maximum atomic E-state index is 10.7. The Morgan fingerprint density at radius 2 is 2.24 bits per heavy atom. The largest absolute Gasteiger partial charge is 0.434 e. The molecule has 1 aromatic carbocycles. The van der Waals surface area contributed by atoms with Gasteiger partial charge in [0, 0.05) is 24.5 Å². The molecule has 0 atom stereocenters. The normalized spacial score (nSPS) is 10.7. The van der Waals surface area contributed by atoms with Gasteiger partial charge in [0.15, 0.2) is 0 Å². The molecule has 3 rings (SSSR count). The van der Waals surface area contributed by atoms with Crippen molar-refractivity contribution >= 4 is 28.8 Å². The van der Waals surface area contributed by atoms with Crippen LogP contribution in [-0.4, -0.2) is 19.3 Å². The van der Waals surface area contributed by atoms with E-state index in [1.54, 1.807) is 23.0 Å². The van der Waals surface area contributed by atoms with Crippen molar-refractivity contribution in [1.29, 1.82) is 0 Å². The summed E-state index contributed by atoms with van der Waals surface area (Å²) in [6.07, 6.45) is 4.85. The lowest BCUT2D eigenvalue weighted by Gasteiger charge is -2.08. The second-order valence-electron chi connectivity index (χ2n) is 4.10. The zero-order valence-electron chi connectivity index (χ0n) is 10.4. The van der Waals surface area contributed by atoms with Gasteiger partial charge in [-0.25, -0.2) is 4.98 Å². The zero-order chi connectivity index (χ0) is 15.0. The third-order valence-electron chi connectivity index (χ3n) is 2.69. The Bertz CT molecular complexity index is 848. The molecule has 0 aliphatic carbocycles. The monoisotopic (exact) mass is 305 g/mol. The van der Waals surface area contributed by atoms with Crippen molar-refractivity contribution in [1.82, 2.24) is 14.4 Å². The molecule has 0 aliphatic rings. The fourth-order valence-electron chi connectivity index (χ4n) is 1.78. The second-order valence-corrected chi connectivity index (χ2v) is 4.51. The molecule has 2 heterocycles. The summed E-state index contributed by atoms with van der Waals surface area (Å²) in [5.74, 6) is 0.634. The van der Waals surface area contributed by atoms with Crippen LogP contribution in [0.4, 0.5) is 11.5 Å². The average molecular weight is 306 g/mol. The highest BCUT2D eigenvalue weighted by molar-refractivity contribution is 6.32. The smallest absolute Gasteiger partial charge is 0.271 e. The van der Waals surface area contributed by atoms with Gasteiger partial charge in [-0.15, -0.1) is 0 Å². The minimum absolute atomic E-state index is 0.0955. The number of anilines is 1. The standard InChI is InChI=1S/C12H8ClN5O3/c13-8-5-7(18(19)20)1-2-9(8)21-12-11-15-3-4-17(11)6-10(14)16-12/h1-6H,14H2. The van der Waals surface area contributed by atoms with E-state index in [0.717, 1.165) is 0 Å². The van der Waals surface area contributed by atoms with Crippen LogP contribution in [0.15, 0.2) is 36.8 Å². The Hall–Kier alpha value is -2.87. The molecule has 0 aliphatic heterocycles. The molecular formula is C12H8ClN5O3. The van der Waals surface area contributed by atoms with Gasteiger partial charge in [0.2, 0.25) is 5.65 Å². The summed E-state index contributed by atoms with van der Waals surface area (Å²) in [5, 5.41) is 10.8. The summed E-state index contributed by atoms with van der Waals surface area (Å²) >= 11 is 5.97. The number of hydrogen-bond acceptors (Lipinski definition) is 6. The maximum absolute atomic E-state index is 10.7. The van der Waals surface area contributed by atoms with Gasteiger partial charge in [-0.1, -0.05) is 11.6 Å². The zero-order valence-corrected chi connectivity index (χ0v) is 11.2. The van der Waals surface area contributed by atoms with Crippen molar-refractivity contribution in [2.75, 3.05) is 5.73 Å². The van der Waals surface area contributed by atoms with Crippen LogP contribution in [0.5, 0.6) is 11.6 Å². The van der Waals surface area contributed by atoms with E-state index in [4.69, 9.17) is 22.1 Å². The number of rotatable bonds is 3. The van der Waals surface area contributed by atoms with E-state index in [2.05, 4.69) is 9.97 Å². The lowest BCUT2D eigenvalue weighted by Crippen LogP contribution is -1.99. The number of nitrogens with two attached hydrogens (primary N) is 1. The SMILES string of the molecule is Nc1cn2ccnc2c(Oc2ccc([N+](=O)[O-])cc2Cl)n1. The lowest BCUT2D eigenvalue weighted by molar-refractivity contribution is -0.384. The maximum Gasteiger partial charge on any atom is 0.271 e. The first-order valence-corrected chi connectivity index (χ1v) is 6.13. The van der Waals surface area contributed by atoms with Crippen molar-refractivity contribution in [2.45, 2.75) is 0 Å². The summed E-state index contributed by atoms with van der Waals surface area (Å²) < 4.78 is 7.22. The van der Waals surface area contributed by atoms with Crippen molar-refractivity contribution in [2.24, 2.45) is 0 Å². The number of halogens is 1. The molecule has 0 radical (unpaired) electrons. The van der Waals surface area contributed by atoms with Gasteiger partial charge in [-0.2, -0.15) is 4.98 Å². The summed E-state index contributed by atoms with van der Waals surface area (Å²) in [4.78, 5) is 18.3. The van der Waals surface area contributed by atoms with Crippen LogP contribution in [0.1, 0.15) is 0 Å². The minimum Gasteiger partial charge on any atom is -0.434 e. The first kappa shape index (κ1) is 13.1. The number of non-ortho nitro benzene ring substituents is 1. The minimum atomic E-state index is -0.540. The molecule has 0 amide bonds. The highest BCUT2D eigenvalue weighted by Crippen LogP contribution is 2.33. The van der Waals surface area contributed by atoms with Crippen LogP contribution in [-0.2, 0) is 0 Å². The molecule has 0 fully saturated rings. The Kier molecular flexibility index (Phi) is 3.07. The number of aromatic nitrogens is 3. The predicted molar refractivity (Wildman–Crippen MR) is 75.6 cm³/mol. The van der Waals surface area contributed by atoms with Crippen LogP contribution < -0.4 is 10.5 Å². The quantitative estimate of drug-likeness (QED) is 0.588. The van der Waals surface area contributed by atoms with Gasteiger partial charge >= 0.3 is 0 Å². The van der Waals surface area contributed by atoms with E-state index in [1.807, 2.05) is 0 Å². The topological polar surface area (TPSA) is 109 Å². The number of imidazole rings is 1. The summed E-state index contributed by atoms with van der Waals surface area (Å²) in [6.45, 7) is 0. The summed E-state index contributed by atoms with van der Waals surface area (Å²) in [7, 11) is 0. The second kappa shape index (κ2) is 4.91. The third-order valence-corrected chi connectivity index (χ3v) is 2.99. The van der Waals surface area contributed by atoms with Gasteiger partial charge in [0.25, 0.3) is 11.6 Å². The lowest BCUT2D eigenvalue weighted by atomic mass is 10.3. The molecule has 2 aromatic heterocycles. The molecule has 21 heavy (non-hydrogen) atoms. The van der Waals surface area contributed by atoms with Crippen LogP contribution in [0.3, 0.4) is 0 Å². The fraction of sp³-hybridized carbons (Fsp3) is 0. The van der Waals surface area contributed by atoms with Crippen LogP contribution >= 0.6 is 11.6 Å². The Balaban J connectivity index is 2.02. The van der Waals surface area contributed by atoms with E-state index in [0.29, 0.717) is 5.65 Å². The average Bonchev–Trinajstić information content (AvgIpc) is 2.88. The molecule has 8 nitrogen and oxygen atoms in total. The van der Waals surface area contributed by atoms with Gasteiger partial charge in [-0.3, -0.25) is 14.5 Å². The number of hydrogen-bond donors (Lipinski definition) is 1. The fourth-order valence-corrected chi connectivity index (χ4v) is 1.99. The van der Waals surface area contributed by atoms with Crippen LogP contribution in [0.25, 0.3) is 5.65 Å². The highest BCUT2D eigenvalue weighted by atomic mass is 35.5. The summed E-state index contributed by atoms with van der Waals surface area (Å²) in [6, 6.07) is 3.88. The molecule has 2 N–H and O–H groups in total. The van der Waals surface area contributed by atoms with E-state index in [-0.39, 0.29) is 28.2 Å². The van der Waals surface area contributed by atoms with Crippen molar-refractivity contribution in [3.05, 3.63) is 51.9 Å². The van der Waals surface area contributed by atoms with Gasteiger partial charge in [0.1, 0.15) is 11.6 Å². The van der Waals surface area contributed by atoms with Crippen LogP contribution in [0, 0.1) is 10.1 Å². The number of nitro groups is 1. The number of ether oxygens (including phenoxy) is 1.